The molecule has 0 aliphatic rings. The van der Waals surface area contributed by atoms with Gasteiger partial charge in [0, 0.05) is 30.5 Å². The molecule has 2 heterocycles. The third-order valence-electron chi connectivity index (χ3n) is 3.06. The second kappa shape index (κ2) is 5.69. The minimum Gasteiger partial charge on any atom is -0.350 e. The van der Waals surface area contributed by atoms with Crippen molar-refractivity contribution < 1.29 is 4.79 Å². The van der Waals surface area contributed by atoms with Gasteiger partial charge in [-0.2, -0.15) is 10.2 Å². The van der Waals surface area contributed by atoms with E-state index in [1.807, 2.05) is 31.5 Å². The molecule has 0 fully saturated rings. The predicted octanol–water partition coefficient (Wildman–Crippen LogP) is 1.03. The molecular weight excluding hydrogens is 242 g/mol. The number of nitrogens with zero attached hydrogens (tertiary/aromatic N) is 4. The average Bonchev–Trinajstić information content (AvgIpc) is 2.93. The zero-order valence-corrected chi connectivity index (χ0v) is 11.6. The normalized spacial score (nSPS) is 10.7. The molecule has 0 spiro atoms. The van der Waals surface area contributed by atoms with Gasteiger partial charge in [0.2, 0.25) is 5.91 Å². The summed E-state index contributed by atoms with van der Waals surface area (Å²) >= 11 is 0. The fraction of sp³-hybridized carbons (Fsp3) is 0.462. The van der Waals surface area contributed by atoms with E-state index in [1.165, 1.54) is 0 Å². The molecule has 6 heteroatoms. The summed E-state index contributed by atoms with van der Waals surface area (Å²) in [5.74, 6) is -0.0493. The predicted molar refractivity (Wildman–Crippen MR) is 71.4 cm³/mol. The molecule has 0 bridgehead atoms. The molecule has 0 radical (unpaired) electrons. The van der Waals surface area contributed by atoms with Crippen molar-refractivity contribution in [3.8, 4) is 0 Å². The van der Waals surface area contributed by atoms with Gasteiger partial charge in [0.05, 0.1) is 11.9 Å². The Morgan fingerprint density at radius 1 is 1.42 bits per heavy atom. The summed E-state index contributed by atoms with van der Waals surface area (Å²) in [6, 6.07) is 1.88. The molecule has 102 valence electrons. The van der Waals surface area contributed by atoms with Crippen LogP contribution in [0.3, 0.4) is 0 Å². The van der Waals surface area contributed by atoms with Gasteiger partial charge >= 0.3 is 0 Å². The highest BCUT2D eigenvalue weighted by Crippen LogP contribution is 2.06. The molecule has 1 N–H and O–H groups in total. The number of hydrogen-bond donors (Lipinski definition) is 1. The first-order valence-electron chi connectivity index (χ1n) is 6.38. The van der Waals surface area contributed by atoms with Crippen molar-refractivity contribution >= 4 is 5.91 Å². The lowest BCUT2D eigenvalue weighted by molar-refractivity contribution is -0.122. The molecule has 0 saturated carbocycles. The Bertz CT molecular complexity index is 569. The first kappa shape index (κ1) is 13.3. The van der Waals surface area contributed by atoms with Crippen LogP contribution in [-0.2, 0) is 24.4 Å². The number of aromatic nitrogens is 4. The number of carbonyl (C=O) groups is 1. The van der Waals surface area contributed by atoms with Crippen molar-refractivity contribution in [3.63, 3.8) is 0 Å². The van der Waals surface area contributed by atoms with Crippen molar-refractivity contribution in [2.45, 2.75) is 40.4 Å². The summed E-state index contributed by atoms with van der Waals surface area (Å²) in [5, 5.41) is 11.3. The van der Waals surface area contributed by atoms with E-state index in [0.29, 0.717) is 6.54 Å². The molecule has 6 nitrogen and oxygen atoms in total. The third-order valence-corrected chi connectivity index (χ3v) is 3.06. The molecule has 0 atom stereocenters. The number of hydrogen-bond acceptors (Lipinski definition) is 3. The molecule has 2 aromatic rings. The van der Waals surface area contributed by atoms with Crippen LogP contribution in [0, 0.1) is 13.8 Å². The van der Waals surface area contributed by atoms with E-state index in [0.717, 1.165) is 23.5 Å². The SMILES string of the molecule is CCn1ncc(CNC(=O)Cn2ccc(C)n2)c1C. The number of nitrogens with one attached hydrogen (secondary N) is 1. The minimum absolute atomic E-state index is 0.0493. The molecule has 19 heavy (non-hydrogen) atoms. The van der Waals surface area contributed by atoms with Crippen LogP contribution in [0.15, 0.2) is 18.5 Å². The van der Waals surface area contributed by atoms with E-state index in [-0.39, 0.29) is 12.5 Å². The Morgan fingerprint density at radius 2 is 2.21 bits per heavy atom. The molecular formula is C13H19N5O. The third kappa shape index (κ3) is 3.21. The van der Waals surface area contributed by atoms with E-state index >= 15 is 0 Å². The van der Waals surface area contributed by atoms with Crippen molar-refractivity contribution in [2.75, 3.05) is 0 Å². The Kier molecular flexibility index (Phi) is 3.99. The average molecular weight is 261 g/mol. The Hall–Kier alpha value is -2.11. The fourth-order valence-corrected chi connectivity index (χ4v) is 1.93. The van der Waals surface area contributed by atoms with Gasteiger partial charge in [-0.3, -0.25) is 14.2 Å². The molecule has 0 saturated heterocycles. The van der Waals surface area contributed by atoms with E-state index in [2.05, 4.69) is 15.5 Å². The van der Waals surface area contributed by atoms with Gasteiger partial charge in [-0.15, -0.1) is 0 Å². The second-order valence-electron chi connectivity index (χ2n) is 4.50. The van der Waals surface area contributed by atoms with Crippen molar-refractivity contribution in [3.05, 3.63) is 35.4 Å². The van der Waals surface area contributed by atoms with Crippen LogP contribution in [0.25, 0.3) is 0 Å². The molecule has 2 aromatic heterocycles. The monoisotopic (exact) mass is 261 g/mol. The highest BCUT2D eigenvalue weighted by Gasteiger charge is 2.08. The lowest BCUT2D eigenvalue weighted by Gasteiger charge is -2.05. The van der Waals surface area contributed by atoms with Crippen LogP contribution < -0.4 is 5.32 Å². The summed E-state index contributed by atoms with van der Waals surface area (Å²) in [6.45, 7) is 7.54. The maximum atomic E-state index is 11.8. The van der Waals surface area contributed by atoms with E-state index in [1.54, 1.807) is 17.1 Å². The standard InChI is InChI=1S/C13H19N5O/c1-4-18-11(3)12(8-15-18)7-14-13(19)9-17-6-5-10(2)16-17/h5-6,8H,4,7,9H2,1-3H3,(H,14,19). The lowest BCUT2D eigenvalue weighted by atomic mass is 10.2. The van der Waals surface area contributed by atoms with Crippen LogP contribution in [0.4, 0.5) is 0 Å². The summed E-state index contributed by atoms with van der Waals surface area (Å²) in [7, 11) is 0. The highest BCUT2D eigenvalue weighted by molar-refractivity contribution is 5.75. The van der Waals surface area contributed by atoms with Gasteiger partial charge < -0.3 is 5.32 Å². The maximum absolute atomic E-state index is 11.8. The molecule has 1 amide bonds. The minimum atomic E-state index is -0.0493. The summed E-state index contributed by atoms with van der Waals surface area (Å²) < 4.78 is 3.55. The second-order valence-corrected chi connectivity index (χ2v) is 4.50. The van der Waals surface area contributed by atoms with E-state index in [4.69, 9.17) is 0 Å². The van der Waals surface area contributed by atoms with Gasteiger partial charge in [0.1, 0.15) is 6.54 Å². The Morgan fingerprint density at radius 3 is 2.79 bits per heavy atom. The molecule has 2 rings (SSSR count). The Balaban J connectivity index is 1.88. The van der Waals surface area contributed by atoms with Gasteiger partial charge in [-0.25, -0.2) is 0 Å². The first-order chi connectivity index (χ1) is 9.10. The molecule has 0 unspecified atom stereocenters. The van der Waals surface area contributed by atoms with Gasteiger partial charge in [-0.1, -0.05) is 0 Å². The highest BCUT2D eigenvalue weighted by atomic mass is 16.2. The fourth-order valence-electron chi connectivity index (χ4n) is 1.93. The van der Waals surface area contributed by atoms with Crippen LogP contribution in [-0.4, -0.2) is 25.5 Å². The zero-order chi connectivity index (χ0) is 13.8. The maximum Gasteiger partial charge on any atom is 0.241 e. The number of amides is 1. The van der Waals surface area contributed by atoms with Crippen molar-refractivity contribution in [2.24, 2.45) is 0 Å². The van der Waals surface area contributed by atoms with Gasteiger partial charge in [0.15, 0.2) is 0 Å². The Labute approximate surface area is 112 Å². The van der Waals surface area contributed by atoms with Gasteiger partial charge in [0.25, 0.3) is 0 Å². The molecule has 0 aromatic carbocycles. The first-order valence-corrected chi connectivity index (χ1v) is 6.38. The quantitative estimate of drug-likeness (QED) is 0.874. The zero-order valence-electron chi connectivity index (χ0n) is 11.6. The lowest BCUT2D eigenvalue weighted by Crippen LogP contribution is -2.27. The number of aryl methyl sites for hydroxylation is 2. The topological polar surface area (TPSA) is 64.7 Å². The van der Waals surface area contributed by atoms with Crippen LogP contribution in [0.5, 0.6) is 0 Å². The molecule has 0 aliphatic carbocycles. The van der Waals surface area contributed by atoms with Gasteiger partial charge in [-0.05, 0) is 26.8 Å². The summed E-state index contributed by atoms with van der Waals surface area (Å²) in [5.41, 5.74) is 3.05. The van der Waals surface area contributed by atoms with Crippen molar-refractivity contribution in [1.29, 1.82) is 0 Å². The van der Waals surface area contributed by atoms with Crippen LogP contribution in [0.1, 0.15) is 23.9 Å². The molecule has 0 aliphatic heterocycles. The summed E-state index contributed by atoms with van der Waals surface area (Å²) in [6.07, 6.45) is 3.60. The van der Waals surface area contributed by atoms with E-state index < -0.39 is 0 Å². The van der Waals surface area contributed by atoms with E-state index in [9.17, 15) is 4.79 Å². The number of carbonyl (C=O) groups excluding carboxylic acids is 1. The summed E-state index contributed by atoms with van der Waals surface area (Å²) in [4.78, 5) is 11.8. The van der Waals surface area contributed by atoms with Crippen LogP contribution in [0.2, 0.25) is 0 Å². The van der Waals surface area contributed by atoms with Crippen LogP contribution >= 0.6 is 0 Å². The van der Waals surface area contributed by atoms with Crippen molar-refractivity contribution in [1.82, 2.24) is 24.9 Å². The smallest absolute Gasteiger partial charge is 0.241 e. The largest absolute Gasteiger partial charge is 0.350 e. The number of rotatable bonds is 5.